The van der Waals surface area contributed by atoms with Crippen LogP contribution in [0.2, 0.25) is 0 Å². The lowest BCUT2D eigenvalue weighted by molar-refractivity contribution is -0.385. The summed E-state index contributed by atoms with van der Waals surface area (Å²) in [7, 11) is 0. The van der Waals surface area contributed by atoms with E-state index in [1.807, 2.05) is 12.1 Å². The molecule has 0 spiro atoms. The first kappa shape index (κ1) is 17.1. The number of benzene rings is 3. The summed E-state index contributed by atoms with van der Waals surface area (Å²) < 4.78 is 0. The summed E-state index contributed by atoms with van der Waals surface area (Å²) >= 11 is 0. The van der Waals surface area contributed by atoms with Gasteiger partial charge in [0, 0.05) is 6.07 Å². The maximum Gasteiger partial charge on any atom is 0.275 e. The fraction of sp³-hybridized carbons (Fsp3) is 0.0526. The van der Waals surface area contributed by atoms with E-state index in [4.69, 9.17) is 0 Å². The highest BCUT2D eigenvalue weighted by molar-refractivity contribution is 5.57. The fourth-order valence-electron chi connectivity index (χ4n) is 3.03. The van der Waals surface area contributed by atoms with Crippen LogP contribution in [0.5, 0.6) is 0 Å². The second-order valence-electron chi connectivity index (χ2n) is 5.49. The second-order valence-corrected chi connectivity index (χ2v) is 5.49. The van der Waals surface area contributed by atoms with Crippen LogP contribution in [0.25, 0.3) is 0 Å². The van der Waals surface area contributed by atoms with Crippen LogP contribution >= 0.6 is 0 Å². The molecule has 0 radical (unpaired) electrons. The summed E-state index contributed by atoms with van der Waals surface area (Å²) in [5.74, 6) is 0. The molecule has 0 aromatic heterocycles. The van der Waals surface area contributed by atoms with Crippen LogP contribution in [0.4, 0.5) is 5.69 Å². The minimum atomic E-state index is -1.37. The van der Waals surface area contributed by atoms with Crippen molar-refractivity contribution < 1.29 is 4.92 Å². The van der Waals surface area contributed by atoms with E-state index in [1.165, 1.54) is 6.07 Å². The van der Waals surface area contributed by atoms with Crippen molar-refractivity contribution in [1.82, 2.24) is 0 Å². The normalized spacial score (nSPS) is 11.4. The molecule has 0 fully saturated rings. The van der Waals surface area contributed by atoms with E-state index in [9.17, 15) is 15.0 Å². The highest BCUT2D eigenvalue weighted by atomic mass is 16.6. The van der Waals surface area contributed by atoms with Gasteiger partial charge in [-0.1, -0.05) is 72.8 Å². The molecule has 128 valence electrons. The molecule has 0 aliphatic rings. The predicted octanol–water partition coefficient (Wildman–Crippen LogP) is 5.02. The highest BCUT2D eigenvalue weighted by Gasteiger charge is 2.41. The van der Waals surface area contributed by atoms with Crippen molar-refractivity contribution in [3.8, 4) is 0 Å². The largest absolute Gasteiger partial charge is 0.275 e. The van der Waals surface area contributed by atoms with E-state index in [-0.39, 0.29) is 5.69 Å². The molecule has 0 amide bonds. The highest BCUT2D eigenvalue weighted by Crippen LogP contribution is 2.44. The average molecular weight is 346 g/mol. The lowest BCUT2D eigenvalue weighted by Crippen LogP contribution is -2.27. The van der Waals surface area contributed by atoms with E-state index in [2.05, 4.69) is 15.6 Å². The topological polar surface area (TPSA) is 97.3 Å². The molecule has 3 aromatic carbocycles. The maximum atomic E-state index is 11.7. The van der Waals surface area contributed by atoms with Crippen molar-refractivity contribution in [2.24, 2.45) is 15.6 Å². The van der Waals surface area contributed by atoms with Gasteiger partial charge >= 0.3 is 0 Å². The van der Waals surface area contributed by atoms with Crippen LogP contribution < -0.4 is 0 Å². The monoisotopic (exact) mass is 346 g/mol. The Morgan fingerprint density at radius 2 is 1.27 bits per heavy atom. The lowest BCUT2D eigenvalue weighted by Gasteiger charge is -2.29. The number of nitro groups is 1. The molecule has 0 heterocycles. The molecule has 0 aliphatic heterocycles. The predicted molar refractivity (Wildman–Crippen MR) is 96.5 cm³/mol. The number of nitroso groups, excluding NO2 is 1. The summed E-state index contributed by atoms with van der Waals surface area (Å²) in [5.41, 5.74) is 0.0701. The first-order valence-electron chi connectivity index (χ1n) is 7.79. The maximum absolute atomic E-state index is 11.7. The number of hydrogen-bond donors (Lipinski definition) is 0. The van der Waals surface area contributed by atoms with Crippen LogP contribution in [0.3, 0.4) is 0 Å². The van der Waals surface area contributed by atoms with Crippen LogP contribution in [-0.2, 0) is 5.54 Å². The average Bonchev–Trinajstić information content (AvgIpc) is 2.70. The molecular formula is C19H14N4O3. The van der Waals surface area contributed by atoms with Crippen molar-refractivity contribution >= 4 is 5.69 Å². The Morgan fingerprint density at radius 3 is 1.77 bits per heavy atom. The minimum Gasteiger partial charge on any atom is -0.258 e. The van der Waals surface area contributed by atoms with Gasteiger partial charge in [-0.3, -0.25) is 10.1 Å². The van der Waals surface area contributed by atoms with Gasteiger partial charge in [0.1, 0.15) is 5.29 Å². The molecule has 0 unspecified atom stereocenters. The number of hydrogen-bond acceptors (Lipinski definition) is 4. The third kappa shape index (κ3) is 2.98. The minimum absolute atomic E-state index is 0.120. The van der Waals surface area contributed by atoms with Gasteiger partial charge in [-0.05, 0) is 22.4 Å². The Morgan fingerprint density at radius 1 is 0.769 bits per heavy atom. The van der Waals surface area contributed by atoms with Gasteiger partial charge < -0.3 is 0 Å². The van der Waals surface area contributed by atoms with Crippen molar-refractivity contribution in [3.05, 3.63) is 117 Å². The van der Waals surface area contributed by atoms with Crippen molar-refractivity contribution in [1.29, 1.82) is 0 Å². The molecule has 0 aliphatic carbocycles. The van der Waals surface area contributed by atoms with Gasteiger partial charge in [-0.2, -0.15) is 0 Å². The molecule has 3 aromatic rings. The Bertz CT molecular complexity index is 904. The second kappa shape index (κ2) is 7.43. The smallest absolute Gasteiger partial charge is 0.258 e. The zero-order chi connectivity index (χ0) is 18.4. The number of nitro benzene ring substituents is 1. The van der Waals surface area contributed by atoms with Gasteiger partial charge in [-0.15, -0.1) is 10.0 Å². The first-order valence-corrected chi connectivity index (χ1v) is 7.79. The summed E-state index contributed by atoms with van der Waals surface area (Å²) in [4.78, 5) is 21.9. The van der Waals surface area contributed by atoms with Gasteiger partial charge in [0.15, 0.2) is 5.54 Å². The van der Waals surface area contributed by atoms with Crippen molar-refractivity contribution in [2.45, 2.75) is 5.54 Å². The lowest BCUT2D eigenvalue weighted by atomic mass is 9.77. The molecule has 3 rings (SSSR count). The van der Waals surface area contributed by atoms with Gasteiger partial charge in [-0.25, -0.2) is 0 Å². The molecule has 7 heteroatoms. The Balaban J connectivity index is 2.45. The van der Waals surface area contributed by atoms with E-state index in [1.54, 1.807) is 66.7 Å². The number of nitrogens with zero attached hydrogens (tertiary/aromatic N) is 4. The summed E-state index contributed by atoms with van der Waals surface area (Å²) in [6.45, 7) is 0. The molecular weight excluding hydrogens is 332 g/mol. The molecule has 0 bridgehead atoms. The quantitative estimate of drug-likeness (QED) is 0.206. The SMILES string of the molecule is O=NN=NC(c1ccccc1)(c1ccccc1)c1ccccc1[N+](=O)[O-]. The van der Waals surface area contributed by atoms with E-state index in [0.29, 0.717) is 16.7 Å². The van der Waals surface area contributed by atoms with Crippen LogP contribution in [0, 0.1) is 15.0 Å². The Kier molecular flexibility index (Phi) is 4.89. The van der Waals surface area contributed by atoms with E-state index < -0.39 is 10.5 Å². The third-order valence-corrected chi connectivity index (χ3v) is 4.10. The summed E-state index contributed by atoms with van der Waals surface area (Å²) in [6, 6.07) is 24.3. The fourth-order valence-corrected chi connectivity index (χ4v) is 3.03. The van der Waals surface area contributed by atoms with E-state index in [0.717, 1.165) is 0 Å². The molecule has 26 heavy (non-hydrogen) atoms. The van der Waals surface area contributed by atoms with Crippen LogP contribution in [0.15, 0.2) is 101 Å². The zero-order valence-corrected chi connectivity index (χ0v) is 13.6. The number of para-hydroxylation sites is 1. The van der Waals surface area contributed by atoms with Gasteiger partial charge in [0.25, 0.3) is 5.69 Å². The summed E-state index contributed by atoms with van der Waals surface area (Å²) in [6.07, 6.45) is 0. The van der Waals surface area contributed by atoms with Gasteiger partial charge in [0.05, 0.1) is 10.5 Å². The molecule has 0 saturated heterocycles. The third-order valence-electron chi connectivity index (χ3n) is 4.10. The molecule has 0 N–H and O–H groups in total. The van der Waals surface area contributed by atoms with E-state index >= 15 is 0 Å². The molecule has 0 atom stereocenters. The Labute approximate surface area is 149 Å². The van der Waals surface area contributed by atoms with Crippen LogP contribution in [0.1, 0.15) is 16.7 Å². The first-order chi connectivity index (χ1) is 12.7. The standard InChI is InChI=1S/C19H14N4O3/c24-22-21-20-19(15-9-3-1-4-10-15,16-11-5-2-6-12-16)17-13-7-8-14-18(17)23(25)26/h1-14H. The number of rotatable bonds is 6. The molecule has 0 saturated carbocycles. The summed E-state index contributed by atoms with van der Waals surface area (Å²) in [5, 5.41) is 21.7. The van der Waals surface area contributed by atoms with Crippen molar-refractivity contribution in [2.75, 3.05) is 0 Å². The van der Waals surface area contributed by atoms with Gasteiger partial charge in [0.2, 0.25) is 0 Å². The zero-order valence-electron chi connectivity index (χ0n) is 13.6. The Hall–Kier alpha value is -3.74. The van der Waals surface area contributed by atoms with Crippen LogP contribution in [-0.4, -0.2) is 4.92 Å². The molecule has 7 nitrogen and oxygen atoms in total. The van der Waals surface area contributed by atoms with Crippen molar-refractivity contribution in [3.63, 3.8) is 0 Å².